The number of carbonyl (C=O) groups is 1. The second kappa shape index (κ2) is 9.88. The number of nitrogens with zero attached hydrogens (tertiary/aromatic N) is 1. The quantitative estimate of drug-likeness (QED) is 0.473. The largest absolute Gasteiger partial charge is 0.484 e. The van der Waals surface area contributed by atoms with Gasteiger partial charge >= 0.3 is 0 Å². The van der Waals surface area contributed by atoms with Crippen molar-refractivity contribution in [1.29, 1.82) is 0 Å². The first-order valence-electron chi connectivity index (χ1n) is 9.04. The van der Waals surface area contributed by atoms with Gasteiger partial charge in [-0.3, -0.25) is 4.79 Å². The molecule has 1 N–H and O–H groups in total. The van der Waals surface area contributed by atoms with E-state index in [4.69, 9.17) is 4.74 Å². The minimum atomic E-state index is -0.309. The van der Waals surface area contributed by atoms with Crippen LogP contribution in [0.15, 0.2) is 95.6 Å². The van der Waals surface area contributed by atoms with E-state index in [2.05, 4.69) is 22.7 Å². The molecule has 0 atom stereocenters. The van der Waals surface area contributed by atoms with Gasteiger partial charge in [0, 0.05) is 0 Å². The van der Waals surface area contributed by atoms with Gasteiger partial charge in [0.15, 0.2) is 6.61 Å². The number of ether oxygens (including phenoxy) is 1. The van der Waals surface area contributed by atoms with Crippen molar-refractivity contribution >= 4 is 18.2 Å². The van der Waals surface area contributed by atoms with Gasteiger partial charge in [0.05, 0.1) is 6.21 Å². The van der Waals surface area contributed by atoms with Gasteiger partial charge in [-0.05, 0) is 41.3 Å². The summed E-state index contributed by atoms with van der Waals surface area (Å²) in [4.78, 5) is 11.9. The summed E-state index contributed by atoms with van der Waals surface area (Å²) < 4.78 is 5.51. The third kappa shape index (κ3) is 5.95. The second-order valence-electron chi connectivity index (χ2n) is 6.27. The van der Waals surface area contributed by atoms with E-state index in [9.17, 15) is 4.79 Å². The normalized spacial score (nSPS) is 11.4. The molecular weight excluding hydrogens is 348 g/mol. The van der Waals surface area contributed by atoms with Crippen LogP contribution >= 0.6 is 0 Å². The lowest BCUT2D eigenvalue weighted by Gasteiger charge is -2.06. The predicted octanol–water partition coefficient (Wildman–Crippen LogP) is 4.94. The van der Waals surface area contributed by atoms with Gasteiger partial charge in [0.25, 0.3) is 5.91 Å². The number of allylic oxidation sites excluding steroid dienone is 1. The van der Waals surface area contributed by atoms with E-state index < -0.39 is 0 Å². The fourth-order valence-electron chi connectivity index (χ4n) is 2.61. The third-order valence-corrected chi connectivity index (χ3v) is 3.98. The van der Waals surface area contributed by atoms with E-state index in [1.165, 1.54) is 0 Å². The molecule has 0 unspecified atom stereocenters. The monoisotopic (exact) mass is 370 g/mol. The summed E-state index contributed by atoms with van der Waals surface area (Å²) in [7, 11) is 0. The zero-order valence-electron chi connectivity index (χ0n) is 15.7. The number of hydrazone groups is 1. The van der Waals surface area contributed by atoms with Gasteiger partial charge in [-0.15, -0.1) is 0 Å². The van der Waals surface area contributed by atoms with Crippen LogP contribution in [0, 0.1) is 0 Å². The number of benzene rings is 3. The molecule has 3 aromatic carbocycles. The van der Waals surface area contributed by atoms with Crippen LogP contribution < -0.4 is 10.2 Å². The topological polar surface area (TPSA) is 50.7 Å². The van der Waals surface area contributed by atoms with E-state index in [1.807, 2.05) is 85.8 Å². The molecule has 0 aromatic heterocycles. The van der Waals surface area contributed by atoms with Crippen LogP contribution in [-0.4, -0.2) is 18.7 Å². The van der Waals surface area contributed by atoms with Gasteiger partial charge in [-0.2, -0.15) is 5.10 Å². The van der Waals surface area contributed by atoms with Crippen LogP contribution in [0.1, 0.15) is 12.5 Å². The van der Waals surface area contributed by atoms with Crippen LogP contribution in [0.5, 0.6) is 5.75 Å². The minimum absolute atomic E-state index is 0.0938. The first-order valence-corrected chi connectivity index (χ1v) is 9.04. The Morgan fingerprint density at radius 2 is 1.50 bits per heavy atom. The first-order chi connectivity index (χ1) is 13.7. The summed E-state index contributed by atoms with van der Waals surface area (Å²) in [5, 5.41) is 3.96. The number of carbonyl (C=O) groups excluding carboxylic acids is 1. The van der Waals surface area contributed by atoms with Gasteiger partial charge in [0.1, 0.15) is 5.75 Å². The predicted molar refractivity (Wildman–Crippen MR) is 114 cm³/mol. The number of hydrogen-bond donors (Lipinski definition) is 1. The zero-order valence-corrected chi connectivity index (χ0v) is 15.7. The van der Waals surface area contributed by atoms with Crippen molar-refractivity contribution < 1.29 is 9.53 Å². The molecule has 0 fully saturated rings. The molecule has 0 aliphatic carbocycles. The highest BCUT2D eigenvalue weighted by Crippen LogP contribution is 2.21. The van der Waals surface area contributed by atoms with Gasteiger partial charge < -0.3 is 4.74 Å². The van der Waals surface area contributed by atoms with Crippen molar-refractivity contribution in [2.45, 2.75) is 6.92 Å². The molecule has 4 nitrogen and oxygen atoms in total. The summed E-state index contributed by atoms with van der Waals surface area (Å²) in [6.07, 6.45) is 3.60. The molecule has 4 heteroatoms. The minimum Gasteiger partial charge on any atom is -0.484 e. The highest BCUT2D eigenvalue weighted by Gasteiger charge is 2.02. The van der Waals surface area contributed by atoms with Gasteiger partial charge in [-0.1, -0.05) is 78.9 Å². The molecule has 0 aliphatic rings. The van der Waals surface area contributed by atoms with Gasteiger partial charge in [0.2, 0.25) is 0 Å². The fourth-order valence-corrected chi connectivity index (χ4v) is 2.61. The Labute approximate surface area is 165 Å². The highest BCUT2D eigenvalue weighted by molar-refractivity contribution is 5.86. The highest BCUT2D eigenvalue weighted by atomic mass is 16.5. The van der Waals surface area contributed by atoms with Crippen LogP contribution in [0.3, 0.4) is 0 Å². The average molecular weight is 370 g/mol. The first kappa shape index (κ1) is 19.1. The van der Waals surface area contributed by atoms with Crippen molar-refractivity contribution in [3.05, 3.63) is 96.1 Å². The Hall–Kier alpha value is -3.66. The van der Waals surface area contributed by atoms with Crippen LogP contribution in [0.25, 0.3) is 17.2 Å². The van der Waals surface area contributed by atoms with Crippen molar-refractivity contribution in [2.75, 3.05) is 6.61 Å². The lowest BCUT2D eigenvalue weighted by molar-refractivity contribution is -0.123. The lowest BCUT2D eigenvalue weighted by atomic mass is 10.1. The van der Waals surface area contributed by atoms with Crippen molar-refractivity contribution in [3.63, 3.8) is 0 Å². The molecule has 3 aromatic rings. The molecule has 0 spiro atoms. The smallest absolute Gasteiger partial charge is 0.277 e. The Bertz CT molecular complexity index is 947. The van der Waals surface area contributed by atoms with E-state index >= 15 is 0 Å². The number of rotatable bonds is 7. The summed E-state index contributed by atoms with van der Waals surface area (Å²) >= 11 is 0. The molecule has 140 valence electrons. The maximum absolute atomic E-state index is 11.9. The molecule has 0 heterocycles. The van der Waals surface area contributed by atoms with E-state index in [-0.39, 0.29) is 12.5 Å². The lowest BCUT2D eigenvalue weighted by Crippen LogP contribution is -2.24. The molecule has 0 aliphatic heterocycles. The Balaban J connectivity index is 1.46. The maximum Gasteiger partial charge on any atom is 0.277 e. The van der Waals surface area contributed by atoms with Crippen LogP contribution in [0.4, 0.5) is 0 Å². The van der Waals surface area contributed by atoms with Crippen molar-refractivity contribution in [2.24, 2.45) is 5.10 Å². The molecule has 0 radical (unpaired) electrons. The van der Waals surface area contributed by atoms with E-state index in [1.54, 1.807) is 6.21 Å². The molecule has 0 bridgehead atoms. The molecule has 1 amide bonds. The number of nitrogens with one attached hydrogen (secondary N) is 1. The maximum atomic E-state index is 11.9. The van der Waals surface area contributed by atoms with Crippen molar-refractivity contribution in [1.82, 2.24) is 5.43 Å². The van der Waals surface area contributed by atoms with Crippen LogP contribution in [0.2, 0.25) is 0 Å². The molecular formula is C24H22N2O2. The second-order valence-corrected chi connectivity index (χ2v) is 6.27. The Morgan fingerprint density at radius 3 is 2.18 bits per heavy atom. The van der Waals surface area contributed by atoms with Crippen LogP contribution in [-0.2, 0) is 4.79 Å². The van der Waals surface area contributed by atoms with E-state index in [0.717, 1.165) is 22.3 Å². The molecule has 0 saturated heterocycles. The molecule has 3 rings (SSSR count). The third-order valence-electron chi connectivity index (χ3n) is 3.98. The molecule has 28 heavy (non-hydrogen) atoms. The average Bonchev–Trinajstić information content (AvgIpc) is 2.74. The van der Waals surface area contributed by atoms with Crippen molar-refractivity contribution in [3.8, 4) is 16.9 Å². The summed E-state index contributed by atoms with van der Waals surface area (Å²) in [5.41, 5.74) is 6.73. The Kier molecular flexibility index (Phi) is 6.74. The number of hydrogen-bond acceptors (Lipinski definition) is 3. The standard InChI is InChI=1S/C24H22N2O2/c1-19(16-20-8-4-2-5-9-20)17-25-26-24(27)18-28-23-14-12-22(13-15-23)21-10-6-3-7-11-21/h2-17H,18H2,1H3,(H,26,27)/b19-16+,25-17-. The summed E-state index contributed by atoms with van der Waals surface area (Å²) in [6.45, 7) is 1.83. The fraction of sp³-hybridized carbons (Fsp3) is 0.0833. The summed E-state index contributed by atoms with van der Waals surface area (Å²) in [6, 6.07) is 27.7. The van der Waals surface area contributed by atoms with E-state index in [0.29, 0.717) is 5.75 Å². The summed E-state index contributed by atoms with van der Waals surface area (Å²) in [5.74, 6) is 0.329. The zero-order chi connectivity index (χ0) is 19.6. The Morgan fingerprint density at radius 1 is 0.893 bits per heavy atom. The SMILES string of the molecule is CC(/C=N\NC(=O)COc1ccc(-c2ccccc2)cc1)=C\c1ccccc1. The van der Waals surface area contributed by atoms with Gasteiger partial charge in [-0.25, -0.2) is 5.43 Å². The molecule has 0 saturated carbocycles. The number of amides is 1.